The fourth-order valence-electron chi connectivity index (χ4n) is 2.22. The summed E-state index contributed by atoms with van der Waals surface area (Å²) in [6.45, 7) is 6.91. The van der Waals surface area contributed by atoms with Gasteiger partial charge in [-0.1, -0.05) is 11.6 Å². The maximum Gasteiger partial charge on any atom is 0.182 e. The molecule has 2 rings (SSSR count). The maximum absolute atomic E-state index is 12.6. The molecule has 98 valence electrons. The Morgan fingerprint density at radius 1 is 1.22 bits per heavy atom. The molecule has 0 N–H and O–H groups in total. The van der Waals surface area contributed by atoms with E-state index >= 15 is 0 Å². The van der Waals surface area contributed by atoms with Crippen LogP contribution in [0, 0.1) is 0 Å². The number of nitrogens with zero attached hydrogens (tertiary/aromatic N) is 1. The molecule has 1 fully saturated rings. The molecule has 0 bridgehead atoms. The van der Waals surface area contributed by atoms with Crippen LogP contribution in [0.1, 0.15) is 24.2 Å². The van der Waals surface area contributed by atoms with Crippen LogP contribution in [0.2, 0.25) is 5.02 Å². The fraction of sp³-hybridized carbons (Fsp3) is 0.500. The van der Waals surface area contributed by atoms with Crippen LogP contribution in [0.4, 0.5) is 0 Å². The highest BCUT2D eigenvalue weighted by Gasteiger charge is 2.35. The lowest BCUT2D eigenvalue weighted by Gasteiger charge is -2.39. The molecular weight excluding hydrogens is 250 g/mol. The summed E-state index contributed by atoms with van der Waals surface area (Å²) < 4.78 is 5.33. The van der Waals surface area contributed by atoms with Crippen molar-refractivity contribution in [1.82, 2.24) is 4.90 Å². The molecule has 0 saturated carbocycles. The molecule has 1 aliphatic heterocycles. The van der Waals surface area contributed by atoms with E-state index in [1.165, 1.54) is 0 Å². The number of Topliss-reactive ketones (excluding diaryl/α,β-unsaturated/α-hetero) is 1. The molecule has 0 amide bonds. The first-order chi connectivity index (χ1) is 8.51. The number of morpholine rings is 1. The minimum atomic E-state index is -0.502. The summed E-state index contributed by atoms with van der Waals surface area (Å²) in [6, 6.07) is 7.08. The maximum atomic E-state index is 12.6. The average Bonchev–Trinajstić information content (AvgIpc) is 2.40. The van der Waals surface area contributed by atoms with Crippen LogP contribution in [0.5, 0.6) is 0 Å². The topological polar surface area (TPSA) is 29.5 Å². The highest BCUT2D eigenvalue weighted by Crippen LogP contribution is 2.22. The van der Waals surface area contributed by atoms with E-state index in [1.54, 1.807) is 24.3 Å². The number of hydrogen-bond acceptors (Lipinski definition) is 3. The summed E-state index contributed by atoms with van der Waals surface area (Å²) in [6.07, 6.45) is 0. The zero-order valence-electron chi connectivity index (χ0n) is 10.8. The Labute approximate surface area is 113 Å². The molecule has 0 aliphatic carbocycles. The van der Waals surface area contributed by atoms with Gasteiger partial charge < -0.3 is 4.74 Å². The first kappa shape index (κ1) is 13.5. The van der Waals surface area contributed by atoms with Crippen LogP contribution in [0.25, 0.3) is 0 Å². The van der Waals surface area contributed by atoms with Gasteiger partial charge in [0.25, 0.3) is 0 Å². The third kappa shape index (κ3) is 2.74. The predicted molar refractivity (Wildman–Crippen MR) is 72.3 cm³/mol. The molecule has 1 heterocycles. The zero-order chi connectivity index (χ0) is 13.2. The van der Waals surface area contributed by atoms with Gasteiger partial charge in [-0.25, -0.2) is 0 Å². The summed E-state index contributed by atoms with van der Waals surface area (Å²) in [5.74, 6) is 0.126. The zero-order valence-corrected chi connectivity index (χ0v) is 11.5. The van der Waals surface area contributed by atoms with Crippen LogP contribution >= 0.6 is 11.6 Å². The van der Waals surface area contributed by atoms with Crippen LogP contribution in [0.3, 0.4) is 0 Å². The third-order valence-electron chi connectivity index (χ3n) is 3.46. The van der Waals surface area contributed by atoms with Gasteiger partial charge >= 0.3 is 0 Å². The predicted octanol–water partition coefficient (Wildman–Crippen LogP) is 2.63. The van der Waals surface area contributed by atoms with Gasteiger partial charge in [0.2, 0.25) is 0 Å². The fourth-order valence-corrected chi connectivity index (χ4v) is 2.35. The van der Waals surface area contributed by atoms with Crippen molar-refractivity contribution in [2.45, 2.75) is 19.4 Å². The summed E-state index contributed by atoms with van der Waals surface area (Å²) in [7, 11) is 0. The molecule has 0 unspecified atom stereocenters. The van der Waals surface area contributed by atoms with Crippen molar-refractivity contribution in [3.05, 3.63) is 34.9 Å². The van der Waals surface area contributed by atoms with Crippen molar-refractivity contribution in [3.63, 3.8) is 0 Å². The number of carbonyl (C=O) groups excluding carboxylic acids is 1. The lowest BCUT2D eigenvalue weighted by atomic mass is 9.91. The van der Waals surface area contributed by atoms with E-state index in [-0.39, 0.29) is 5.78 Å². The molecule has 3 nitrogen and oxygen atoms in total. The van der Waals surface area contributed by atoms with E-state index in [2.05, 4.69) is 4.90 Å². The Kier molecular flexibility index (Phi) is 4.05. The van der Waals surface area contributed by atoms with Gasteiger partial charge in [-0.15, -0.1) is 0 Å². The minimum Gasteiger partial charge on any atom is -0.379 e. The molecule has 1 aromatic rings. The summed E-state index contributed by atoms with van der Waals surface area (Å²) in [5, 5.41) is 0.649. The number of ketones is 1. The second kappa shape index (κ2) is 5.39. The van der Waals surface area contributed by atoms with E-state index in [0.717, 1.165) is 13.1 Å². The summed E-state index contributed by atoms with van der Waals surface area (Å²) in [5.41, 5.74) is 0.202. The summed E-state index contributed by atoms with van der Waals surface area (Å²) >= 11 is 5.84. The molecule has 18 heavy (non-hydrogen) atoms. The number of carbonyl (C=O) groups is 1. The lowest BCUT2D eigenvalue weighted by Crippen LogP contribution is -2.54. The number of benzene rings is 1. The van der Waals surface area contributed by atoms with Crippen molar-refractivity contribution in [2.24, 2.45) is 0 Å². The smallest absolute Gasteiger partial charge is 0.182 e. The number of ether oxygens (including phenoxy) is 1. The van der Waals surface area contributed by atoms with Crippen molar-refractivity contribution in [1.29, 1.82) is 0 Å². The van der Waals surface area contributed by atoms with Gasteiger partial charge in [-0.2, -0.15) is 0 Å². The molecule has 0 atom stereocenters. The van der Waals surface area contributed by atoms with Crippen molar-refractivity contribution < 1.29 is 9.53 Å². The van der Waals surface area contributed by atoms with E-state index < -0.39 is 5.54 Å². The average molecular weight is 268 g/mol. The van der Waals surface area contributed by atoms with Gasteiger partial charge in [0, 0.05) is 23.7 Å². The normalized spacial score (nSPS) is 17.7. The van der Waals surface area contributed by atoms with Gasteiger partial charge in [0.1, 0.15) is 0 Å². The molecule has 1 aromatic carbocycles. The number of rotatable bonds is 3. The Hall–Kier alpha value is -0.900. The molecule has 0 radical (unpaired) electrons. The molecule has 1 saturated heterocycles. The Morgan fingerprint density at radius 3 is 2.33 bits per heavy atom. The number of halogens is 1. The molecular formula is C14H18ClNO2. The largest absolute Gasteiger partial charge is 0.379 e. The van der Waals surface area contributed by atoms with E-state index in [9.17, 15) is 4.79 Å². The lowest BCUT2D eigenvalue weighted by molar-refractivity contribution is -0.00429. The standard InChI is InChI=1S/C14H18ClNO2/c1-14(2,16-7-9-18-10-8-16)13(17)11-3-5-12(15)6-4-11/h3-6H,7-10H2,1-2H3. The third-order valence-corrected chi connectivity index (χ3v) is 3.72. The van der Waals surface area contributed by atoms with Gasteiger partial charge in [0.15, 0.2) is 5.78 Å². The second-order valence-corrected chi connectivity index (χ2v) is 5.43. The first-order valence-electron chi connectivity index (χ1n) is 6.15. The second-order valence-electron chi connectivity index (χ2n) is 4.99. The van der Waals surface area contributed by atoms with Gasteiger partial charge in [-0.3, -0.25) is 9.69 Å². The van der Waals surface area contributed by atoms with E-state index in [4.69, 9.17) is 16.3 Å². The quantitative estimate of drug-likeness (QED) is 0.789. The van der Waals surface area contributed by atoms with Gasteiger partial charge in [-0.05, 0) is 38.1 Å². The Bertz CT molecular complexity index is 422. The molecule has 1 aliphatic rings. The van der Waals surface area contributed by atoms with Crippen LogP contribution in [-0.2, 0) is 4.74 Å². The van der Waals surface area contributed by atoms with E-state index in [1.807, 2.05) is 13.8 Å². The van der Waals surface area contributed by atoms with Crippen molar-refractivity contribution in [2.75, 3.05) is 26.3 Å². The Balaban J connectivity index is 2.17. The van der Waals surface area contributed by atoms with Crippen molar-refractivity contribution >= 4 is 17.4 Å². The monoisotopic (exact) mass is 267 g/mol. The van der Waals surface area contributed by atoms with E-state index in [0.29, 0.717) is 23.8 Å². The van der Waals surface area contributed by atoms with Crippen molar-refractivity contribution in [3.8, 4) is 0 Å². The summed E-state index contributed by atoms with van der Waals surface area (Å²) in [4.78, 5) is 14.7. The molecule has 0 spiro atoms. The highest BCUT2D eigenvalue weighted by atomic mass is 35.5. The minimum absolute atomic E-state index is 0.126. The molecule has 0 aromatic heterocycles. The Morgan fingerprint density at radius 2 is 1.78 bits per heavy atom. The highest BCUT2D eigenvalue weighted by molar-refractivity contribution is 6.30. The SMILES string of the molecule is CC(C)(C(=O)c1ccc(Cl)cc1)N1CCOCC1. The van der Waals surface area contributed by atoms with Crippen LogP contribution in [-0.4, -0.2) is 42.5 Å². The number of hydrogen-bond donors (Lipinski definition) is 0. The first-order valence-corrected chi connectivity index (χ1v) is 6.53. The van der Waals surface area contributed by atoms with Crippen LogP contribution < -0.4 is 0 Å². The molecule has 4 heteroatoms. The van der Waals surface area contributed by atoms with Crippen LogP contribution in [0.15, 0.2) is 24.3 Å². The van der Waals surface area contributed by atoms with Gasteiger partial charge in [0.05, 0.1) is 18.8 Å².